The number of anilines is 1. The van der Waals surface area contributed by atoms with Gasteiger partial charge < -0.3 is 5.73 Å². The Morgan fingerprint density at radius 2 is 2.33 bits per heavy atom. The maximum absolute atomic E-state index is 5.78. The summed E-state index contributed by atoms with van der Waals surface area (Å²) < 4.78 is 2.08. The first-order chi connectivity index (χ1) is 7.24. The van der Waals surface area contributed by atoms with Crippen LogP contribution in [0, 0.1) is 11.8 Å². The van der Waals surface area contributed by atoms with E-state index in [4.69, 9.17) is 5.73 Å². The fraction of sp³-hybridized carbons (Fsp3) is 0.417. The Hall–Kier alpha value is -1.51. The maximum Gasteiger partial charge on any atom is 0.0702 e. The van der Waals surface area contributed by atoms with Crippen molar-refractivity contribution in [2.24, 2.45) is 11.8 Å². The quantitative estimate of drug-likeness (QED) is 0.757. The Balaban J connectivity index is 1.99. The van der Waals surface area contributed by atoms with Gasteiger partial charge in [0, 0.05) is 17.6 Å². The smallest absolute Gasteiger partial charge is 0.0702 e. The lowest BCUT2D eigenvalue weighted by atomic mass is 10.2. The van der Waals surface area contributed by atoms with E-state index in [0.717, 1.165) is 29.6 Å². The molecule has 0 aliphatic heterocycles. The normalized spacial score (nSPS) is 24.6. The molecule has 0 bridgehead atoms. The molecule has 1 aromatic heterocycles. The van der Waals surface area contributed by atoms with Gasteiger partial charge in [-0.15, -0.1) is 0 Å². The molecule has 15 heavy (non-hydrogen) atoms. The van der Waals surface area contributed by atoms with Crippen LogP contribution in [0.25, 0.3) is 10.9 Å². The number of nitrogens with two attached hydrogens (primary N) is 1. The van der Waals surface area contributed by atoms with Crippen LogP contribution in [0.1, 0.15) is 13.3 Å². The summed E-state index contributed by atoms with van der Waals surface area (Å²) in [6.07, 6.45) is 3.26. The van der Waals surface area contributed by atoms with Crippen LogP contribution >= 0.6 is 0 Å². The average molecular weight is 201 g/mol. The molecule has 0 radical (unpaired) electrons. The van der Waals surface area contributed by atoms with Crippen LogP contribution in [0.4, 0.5) is 5.69 Å². The zero-order valence-electron chi connectivity index (χ0n) is 8.85. The summed E-state index contributed by atoms with van der Waals surface area (Å²) in [7, 11) is 0. The number of nitrogen functional groups attached to an aromatic ring is 1. The SMILES string of the molecule is CC1CC1Cn1ncc2ccc(N)cc21. The van der Waals surface area contributed by atoms with Crippen molar-refractivity contribution < 1.29 is 0 Å². The topological polar surface area (TPSA) is 43.8 Å². The van der Waals surface area contributed by atoms with Crippen molar-refractivity contribution in [1.82, 2.24) is 9.78 Å². The predicted molar refractivity (Wildman–Crippen MR) is 61.4 cm³/mol. The lowest BCUT2D eigenvalue weighted by molar-refractivity contribution is 0.555. The molecule has 3 nitrogen and oxygen atoms in total. The molecule has 1 fully saturated rings. The summed E-state index contributed by atoms with van der Waals surface area (Å²) in [6.45, 7) is 3.33. The van der Waals surface area contributed by atoms with Crippen molar-refractivity contribution in [3.05, 3.63) is 24.4 Å². The Kier molecular flexibility index (Phi) is 1.75. The molecule has 0 saturated heterocycles. The van der Waals surface area contributed by atoms with E-state index in [9.17, 15) is 0 Å². The fourth-order valence-corrected chi connectivity index (χ4v) is 2.11. The van der Waals surface area contributed by atoms with Crippen LogP contribution in [-0.2, 0) is 6.54 Å². The number of hydrogen-bond acceptors (Lipinski definition) is 2. The van der Waals surface area contributed by atoms with Crippen molar-refractivity contribution in [3.8, 4) is 0 Å². The molecule has 2 unspecified atom stereocenters. The monoisotopic (exact) mass is 201 g/mol. The summed E-state index contributed by atoms with van der Waals surface area (Å²) in [5, 5.41) is 5.59. The van der Waals surface area contributed by atoms with Crippen LogP contribution in [0.3, 0.4) is 0 Å². The molecule has 1 aliphatic rings. The molecule has 1 saturated carbocycles. The Morgan fingerprint density at radius 1 is 1.53 bits per heavy atom. The van der Waals surface area contributed by atoms with Gasteiger partial charge in [-0.25, -0.2) is 0 Å². The van der Waals surface area contributed by atoms with E-state index in [-0.39, 0.29) is 0 Å². The number of aromatic nitrogens is 2. The third-order valence-electron chi connectivity index (χ3n) is 3.35. The standard InChI is InChI=1S/C12H15N3/c1-8-4-10(8)7-15-12-5-11(13)3-2-9(12)6-14-15/h2-3,5-6,8,10H,4,7,13H2,1H3. The van der Waals surface area contributed by atoms with E-state index in [1.54, 1.807) is 0 Å². The van der Waals surface area contributed by atoms with E-state index in [2.05, 4.69) is 16.7 Å². The fourth-order valence-electron chi connectivity index (χ4n) is 2.11. The zero-order valence-corrected chi connectivity index (χ0v) is 8.85. The van der Waals surface area contributed by atoms with Crippen LogP contribution in [0.15, 0.2) is 24.4 Å². The molecule has 0 amide bonds. The first-order valence-corrected chi connectivity index (χ1v) is 5.45. The molecular weight excluding hydrogens is 186 g/mol. The summed E-state index contributed by atoms with van der Waals surface area (Å²) in [6, 6.07) is 5.97. The van der Waals surface area contributed by atoms with Gasteiger partial charge in [-0.1, -0.05) is 6.92 Å². The third-order valence-corrected chi connectivity index (χ3v) is 3.35. The van der Waals surface area contributed by atoms with Gasteiger partial charge >= 0.3 is 0 Å². The summed E-state index contributed by atoms with van der Waals surface area (Å²) in [5.41, 5.74) is 7.76. The van der Waals surface area contributed by atoms with Gasteiger partial charge in [-0.05, 0) is 36.5 Å². The molecular formula is C12H15N3. The van der Waals surface area contributed by atoms with Crippen molar-refractivity contribution in [3.63, 3.8) is 0 Å². The van der Waals surface area contributed by atoms with Gasteiger partial charge in [0.1, 0.15) is 0 Å². The Morgan fingerprint density at radius 3 is 3.07 bits per heavy atom. The second-order valence-electron chi connectivity index (χ2n) is 4.62. The highest BCUT2D eigenvalue weighted by molar-refractivity contribution is 5.81. The minimum Gasteiger partial charge on any atom is -0.399 e. The van der Waals surface area contributed by atoms with Gasteiger partial charge in [-0.2, -0.15) is 5.10 Å². The second-order valence-corrected chi connectivity index (χ2v) is 4.62. The highest BCUT2D eigenvalue weighted by atomic mass is 15.3. The molecule has 0 spiro atoms. The first-order valence-electron chi connectivity index (χ1n) is 5.45. The highest BCUT2D eigenvalue weighted by Gasteiger charge is 2.33. The molecule has 78 valence electrons. The lowest BCUT2D eigenvalue weighted by Gasteiger charge is -2.02. The minimum absolute atomic E-state index is 0.813. The van der Waals surface area contributed by atoms with Crippen molar-refractivity contribution in [1.29, 1.82) is 0 Å². The van der Waals surface area contributed by atoms with Crippen LogP contribution in [0.2, 0.25) is 0 Å². The molecule has 1 heterocycles. The van der Waals surface area contributed by atoms with Crippen molar-refractivity contribution in [2.75, 3.05) is 5.73 Å². The van der Waals surface area contributed by atoms with Crippen LogP contribution in [-0.4, -0.2) is 9.78 Å². The summed E-state index contributed by atoms with van der Waals surface area (Å²) in [5.74, 6) is 1.68. The van der Waals surface area contributed by atoms with Gasteiger partial charge in [-0.3, -0.25) is 4.68 Å². The lowest BCUT2D eigenvalue weighted by Crippen LogP contribution is -2.02. The number of rotatable bonds is 2. The molecule has 1 aliphatic carbocycles. The van der Waals surface area contributed by atoms with E-state index >= 15 is 0 Å². The zero-order chi connectivity index (χ0) is 10.4. The second kappa shape index (κ2) is 2.99. The molecule has 2 aromatic rings. The number of hydrogen-bond donors (Lipinski definition) is 1. The van der Waals surface area contributed by atoms with Crippen molar-refractivity contribution >= 4 is 16.6 Å². The number of fused-ring (bicyclic) bond motifs is 1. The van der Waals surface area contributed by atoms with Crippen molar-refractivity contribution in [2.45, 2.75) is 19.9 Å². The predicted octanol–water partition coefficient (Wildman–Crippen LogP) is 2.27. The Labute approximate surface area is 88.9 Å². The largest absolute Gasteiger partial charge is 0.399 e. The molecule has 2 atom stereocenters. The maximum atomic E-state index is 5.78. The van der Waals surface area contributed by atoms with E-state index in [1.807, 2.05) is 24.4 Å². The van der Waals surface area contributed by atoms with Crippen LogP contribution < -0.4 is 5.73 Å². The molecule has 2 N–H and O–H groups in total. The third kappa shape index (κ3) is 1.48. The minimum atomic E-state index is 0.813. The first kappa shape index (κ1) is 8.77. The average Bonchev–Trinajstić information content (AvgIpc) is 2.74. The van der Waals surface area contributed by atoms with Crippen LogP contribution in [0.5, 0.6) is 0 Å². The number of nitrogens with zero attached hydrogens (tertiary/aromatic N) is 2. The number of benzene rings is 1. The van der Waals surface area contributed by atoms with Gasteiger partial charge in [0.05, 0.1) is 11.7 Å². The molecule has 3 rings (SSSR count). The molecule has 1 aromatic carbocycles. The summed E-state index contributed by atoms with van der Waals surface area (Å²) in [4.78, 5) is 0. The van der Waals surface area contributed by atoms with Gasteiger partial charge in [0.25, 0.3) is 0 Å². The van der Waals surface area contributed by atoms with E-state index in [0.29, 0.717) is 0 Å². The molecule has 3 heteroatoms. The summed E-state index contributed by atoms with van der Waals surface area (Å²) >= 11 is 0. The van der Waals surface area contributed by atoms with Gasteiger partial charge in [0.2, 0.25) is 0 Å². The highest BCUT2D eigenvalue weighted by Crippen LogP contribution is 2.39. The van der Waals surface area contributed by atoms with E-state index < -0.39 is 0 Å². The Bertz CT molecular complexity index is 501. The van der Waals surface area contributed by atoms with E-state index in [1.165, 1.54) is 11.8 Å². The van der Waals surface area contributed by atoms with Gasteiger partial charge in [0.15, 0.2) is 0 Å².